The quantitative estimate of drug-likeness (QED) is 0.609. The van der Waals surface area contributed by atoms with Crippen LogP contribution in [0.2, 0.25) is 0 Å². The molecule has 0 spiro atoms. The number of carbonyl (C=O) groups is 1. The third-order valence-corrected chi connectivity index (χ3v) is 5.95. The van der Waals surface area contributed by atoms with Gasteiger partial charge in [-0.1, -0.05) is 26.3 Å². The van der Waals surface area contributed by atoms with Gasteiger partial charge in [-0.3, -0.25) is 9.78 Å². The second-order valence-corrected chi connectivity index (χ2v) is 8.86. The highest BCUT2D eigenvalue weighted by Gasteiger charge is 2.24. The zero-order valence-electron chi connectivity index (χ0n) is 19.9. The molecule has 1 aliphatic heterocycles. The summed E-state index contributed by atoms with van der Waals surface area (Å²) in [6, 6.07) is 6.50. The Balaban J connectivity index is 0.000000775. The van der Waals surface area contributed by atoms with Gasteiger partial charge in [0.2, 0.25) is 0 Å². The molecule has 1 aliphatic carbocycles. The molecule has 0 bridgehead atoms. The van der Waals surface area contributed by atoms with Gasteiger partial charge in [0.15, 0.2) is 11.4 Å². The molecule has 2 aromatic heterocycles. The standard InChI is InChI=1S/C23H25N5O.C3H8/c1-15-13-28-14-21(25-23(28)16(2)24-15)20-11-17-4-5-19(10-18(17)12-22(20)29)27-8-6-26(3)7-9-27;1-3-2/h4-5,10-11,13-14H,6-9,12H2,1-3H3;3H2,1-2H3. The third-order valence-electron chi connectivity index (χ3n) is 5.95. The minimum absolute atomic E-state index is 0.124. The topological polar surface area (TPSA) is 53.7 Å². The molecule has 1 saturated heterocycles. The molecule has 168 valence electrons. The Labute approximate surface area is 190 Å². The first-order chi connectivity index (χ1) is 15.4. The first-order valence-electron chi connectivity index (χ1n) is 11.5. The first kappa shape index (κ1) is 22.2. The average Bonchev–Trinajstić information content (AvgIpc) is 3.18. The van der Waals surface area contributed by atoms with Crippen molar-refractivity contribution in [2.45, 2.75) is 40.5 Å². The van der Waals surface area contributed by atoms with E-state index < -0.39 is 0 Å². The van der Waals surface area contributed by atoms with Gasteiger partial charge in [0.25, 0.3) is 0 Å². The number of rotatable bonds is 2. The predicted molar refractivity (Wildman–Crippen MR) is 131 cm³/mol. The van der Waals surface area contributed by atoms with E-state index in [0.717, 1.165) is 60.0 Å². The van der Waals surface area contributed by atoms with E-state index in [1.54, 1.807) is 0 Å². The summed E-state index contributed by atoms with van der Waals surface area (Å²) >= 11 is 0. The number of hydrogen-bond donors (Lipinski definition) is 0. The lowest BCUT2D eigenvalue weighted by atomic mass is 9.89. The van der Waals surface area contributed by atoms with Gasteiger partial charge in [-0.2, -0.15) is 0 Å². The smallest absolute Gasteiger partial charge is 0.169 e. The molecule has 2 aliphatic rings. The lowest BCUT2D eigenvalue weighted by molar-refractivity contribution is -0.113. The number of hydrogen-bond acceptors (Lipinski definition) is 5. The fourth-order valence-electron chi connectivity index (χ4n) is 4.30. The molecular formula is C26H33N5O. The van der Waals surface area contributed by atoms with Crippen molar-refractivity contribution >= 4 is 28.8 Å². The Hall–Kier alpha value is -2.99. The lowest BCUT2D eigenvalue weighted by Gasteiger charge is -2.34. The van der Waals surface area contributed by atoms with Crippen molar-refractivity contribution in [3.63, 3.8) is 0 Å². The van der Waals surface area contributed by atoms with Gasteiger partial charge in [0.05, 0.1) is 17.1 Å². The molecule has 1 fully saturated rings. The number of carbonyl (C=O) groups excluding carboxylic acids is 1. The van der Waals surface area contributed by atoms with E-state index in [0.29, 0.717) is 12.0 Å². The van der Waals surface area contributed by atoms with Gasteiger partial charge in [-0.05, 0) is 50.2 Å². The van der Waals surface area contributed by atoms with Crippen LogP contribution in [0, 0.1) is 13.8 Å². The lowest BCUT2D eigenvalue weighted by Crippen LogP contribution is -2.44. The zero-order chi connectivity index (χ0) is 22.8. The van der Waals surface area contributed by atoms with E-state index in [-0.39, 0.29) is 5.78 Å². The summed E-state index contributed by atoms with van der Waals surface area (Å²) in [5.41, 5.74) is 7.45. The molecule has 0 N–H and O–H groups in total. The molecule has 0 unspecified atom stereocenters. The van der Waals surface area contributed by atoms with E-state index in [9.17, 15) is 4.79 Å². The summed E-state index contributed by atoms with van der Waals surface area (Å²) in [5.74, 6) is 0.124. The maximum absolute atomic E-state index is 13.0. The van der Waals surface area contributed by atoms with Gasteiger partial charge in [-0.25, -0.2) is 4.98 Å². The van der Waals surface area contributed by atoms with Crippen LogP contribution in [-0.2, 0) is 11.2 Å². The number of fused-ring (bicyclic) bond motifs is 2. The number of allylic oxidation sites excluding steroid dienone is 1. The van der Waals surface area contributed by atoms with Crippen LogP contribution in [0.25, 0.3) is 17.3 Å². The van der Waals surface area contributed by atoms with E-state index in [4.69, 9.17) is 4.98 Å². The predicted octanol–water partition coefficient (Wildman–Crippen LogP) is 4.18. The molecule has 6 heteroatoms. The number of nitrogens with zero attached hydrogens (tertiary/aromatic N) is 5. The number of piperazine rings is 1. The molecule has 0 radical (unpaired) electrons. The Bertz CT molecular complexity index is 1170. The monoisotopic (exact) mass is 431 g/mol. The normalized spacial score (nSPS) is 16.5. The van der Waals surface area contributed by atoms with Crippen molar-refractivity contribution in [2.24, 2.45) is 0 Å². The Morgan fingerprint density at radius 1 is 1.00 bits per heavy atom. The molecular weight excluding hydrogens is 398 g/mol. The van der Waals surface area contributed by atoms with Gasteiger partial charge in [0, 0.05) is 56.3 Å². The number of benzene rings is 1. The highest BCUT2D eigenvalue weighted by molar-refractivity contribution is 6.27. The summed E-state index contributed by atoms with van der Waals surface area (Å²) in [6.07, 6.45) is 7.55. The number of likely N-dealkylation sites (N-methyl/N-ethyl adjacent to an activating group) is 1. The number of ketones is 1. The highest BCUT2D eigenvalue weighted by atomic mass is 16.1. The zero-order valence-corrected chi connectivity index (χ0v) is 19.9. The summed E-state index contributed by atoms with van der Waals surface area (Å²) in [7, 11) is 2.16. The minimum atomic E-state index is 0.124. The average molecular weight is 432 g/mol. The van der Waals surface area contributed by atoms with Crippen molar-refractivity contribution in [3.8, 4) is 0 Å². The number of imidazole rings is 1. The molecule has 6 nitrogen and oxygen atoms in total. The highest BCUT2D eigenvalue weighted by Crippen LogP contribution is 2.31. The second-order valence-electron chi connectivity index (χ2n) is 8.86. The molecule has 3 heterocycles. The fraction of sp³-hybridized carbons (Fsp3) is 0.423. The van der Waals surface area contributed by atoms with Crippen LogP contribution in [0.5, 0.6) is 0 Å². The largest absolute Gasteiger partial charge is 0.369 e. The SMILES string of the molecule is CCC.Cc1cn2cc(C3=Cc4ccc(N5CCN(C)CC5)cc4CC3=O)nc2c(C)n1. The summed E-state index contributed by atoms with van der Waals surface area (Å²) in [4.78, 5) is 26.9. The van der Waals surface area contributed by atoms with E-state index in [1.165, 1.54) is 12.1 Å². The van der Waals surface area contributed by atoms with Gasteiger partial charge in [0.1, 0.15) is 0 Å². The Morgan fingerprint density at radius 2 is 1.72 bits per heavy atom. The molecule has 3 aromatic rings. The molecule has 0 amide bonds. The number of aryl methyl sites for hydroxylation is 2. The Morgan fingerprint density at radius 3 is 2.44 bits per heavy atom. The van der Waals surface area contributed by atoms with E-state index in [1.807, 2.05) is 36.7 Å². The van der Waals surface area contributed by atoms with Gasteiger partial charge >= 0.3 is 0 Å². The van der Waals surface area contributed by atoms with Crippen LogP contribution in [0.3, 0.4) is 0 Å². The van der Waals surface area contributed by atoms with Crippen LogP contribution >= 0.6 is 0 Å². The molecule has 5 rings (SSSR count). The van der Waals surface area contributed by atoms with Crippen molar-refractivity contribution in [1.82, 2.24) is 19.3 Å². The van der Waals surface area contributed by atoms with E-state index in [2.05, 4.69) is 53.9 Å². The summed E-state index contributed by atoms with van der Waals surface area (Å²) in [6.45, 7) is 12.4. The maximum Gasteiger partial charge on any atom is 0.169 e. The van der Waals surface area contributed by atoms with Crippen molar-refractivity contribution in [3.05, 3.63) is 58.8 Å². The number of anilines is 1. The van der Waals surface area contributed by atoms with Crippen molar-refractivity contribution < 1.29 is 4.79 Å². The Kier molecular flexibility index (Phi) is 6.42. The molecule has 0 saturated carbocycles. The molecule has 1 aromatic carbocycles. The van der Waals surface area contributed by atoms with Gasteiger partial charge < -0.3 is 14.2 Å². The third kappa shape index (κ3) is 4.46. The van der Waals surface area contributed by atoms with Crippen molar-refractivity contribution in [2.75, 3.05) is 38.1 Å². The molecule has 0 atom stereocenters. The van der Waals surface area contributed by atoms with Crippen LogP contribution in [0.4, 0.5) is 5.69 Å². The van der Waals surface area contributed by atoms with Crippen LogP contribution in [0.1, 0.15) is 48.5 Å². The van der Waals surface area contributed by atoms with Crippen LogP contribution in [0.15, 0.2) is 30.6 Å². The van der Waals surface area contributed by atoms with Crippen LogP contribution in [-0.4, -0.2) is 58.3 Å². The van der Waals surface area contributed by atoms with Crippen molar-refractivity contribution in [1.29, 1.82) is 0 Å². The maximum atomic E-state index is 13.0. The first-order valence-corrected chi connectivity index (χ1v) is 11.5. The summed E-state index contributed by atoms with van der Waals surface area (Å²) in [5, 5.41) is 0. The number of Topliss-reactive ketones (excluding diaryl/α,β-unsaturated/α-hetero) is 1. The fourth-order valence-corrected chi connectivity index (χ4v) is 4.30. The summed E-state index contributed by atoms with van der Waals surface area (Å²) < 4.78 is 1.97. The van der Waals surface area contributed by atoms with Crippen LogP contribution < -0.4 is 4.90 Å². The van der Waals surface area contributed by atoms with Gasteiger partial charge in [-0.15, -0.1) is 0 Å². The molecule has 32 heavy (non-hydrogen) atoms. The second kappa shape index (κ2) is 9.25. The number of aromatic nitrogens is 3. The van der Waals surface area contributed by atoms with E-state index >= 15 is 0 Å². The minimum Gasteiger partial charge on any atom is -0.369 e.